The van der Waals surface area contributed by atoms with Crippen LogP contribution in [-0.4, -0.2) is 30.4 Å². The largest absolute Gasteiger partial charge is 0.469 e. The Balaban J connectivity index is 1.92. The highest BCUT2D eigenvalue weighted by molar-refractivity contribution is 5.69. The maximum atomic E-state index is 12.3. The molecular formula is C24H32O6. The van der Waals surface area contributed by atoms with E-state index < -0.39 is 24.1 Å². The molecule has 0 radical (unpaired) electrons. The van der Waals surface area contributed by atoms with Crippen molar-refractivity contribution in [2.24, 2.45) is 28.6 Å². The number of fused-ring (bicyclic) bond motifs is 4. The average molecular weight is 417 g/mol. The van der Waals surface area contributed by atoms with E-state index in [4.69, 9.17) is 13.9 Å². The first kappa shape index (κ1) is 21.1. The number of esters is 2. The summed E-state index contributed by atoms with van der Waals surface area (Å²) in [5.74, 6) is -0.565. The van der Waals surface area contributed by atoms with E-state index in [9.17, 15) is 14.4 Å². The number of carbonyl (C=O) groups is 3. The molecule has 1 aromatic heterocycles. The molecule has 3 aliphatic rings. The fourth-order valence-electron chi connectivity index (χ4n) is 7.31. The second-order valence-electron chi connectivity index (χ2n) is 10.3. The maximum Gasteiger partial charge on any atom is 0.303 e. The minimum atomic E-state index is -0.662. The Morgan fingerprint density at radius 2 is 1.77 bits per heavy atom. The van der Waals surface area contributed by atoms with E-state index in [1.807, 2.05) is 6.07 Å². The highest BCUT2D eigenvalue weighted by Gasteiger charge is 2.66. The van der Waals surface area contributed by atoms with Gasteiger partial charge in [-0.1, -0.05) is 27.2 Å². The Morgan fingerprint density at radius 1 is 1.10 bits per heavy atom. The number of rotatable bonds is 3. The van der Waals surface area contributed by atoms with Gasteiger partial charge < -0.3 is 18.7 Å². The van der Waals surface area contributed by atoms with Crippen LogP contribution >= 0.6 is 0 Å². The molecule has 30 heavy (non-hydrogen) atoms. The Labute approximate surface area is 177 Å². The van der Waals surface area contributed by atoms with Crippen molar-refractivity contribution in [1.29, 1.82) is 0 Å². The average Bonchev–Trinajstić information content (AvgIpc) is 3.10. The molecule has 0 aromatic carbocycles. The first-order valence-electron chi connectivity index (χ1n) is 11.0. The summed E-state index contributed by atoms with van der Waals surface area (Å²) in [7, 11) is 0. The van der Waals surface area contributed by atoms with E-state index in [0.29, 0.717) is 6.42 Å². The van der Waals surface area contributed by atoms with E-state index in [1.54, 1.807) is 6.26 Å². The number of carbonyl (C=O) groups excluding carboxylic acids is 3. The Hall–Kier alpha value is -2.11. The highest BCUT2D eigenvalue weighted by atomic mass is 16.6. The minimum absolute atomic E-state index is 0.0112. The summed E-state index contributed by atoms with van der Waals surface area (Å²) in [6.45, 7) is 9.48. The van der Waals surface area contributed by atoms with Crippen LogP contribution < -0.4 is 0 Å². The fourth-order valence-corrected chi connectivity index (χ4v) is 7.31. The third kappa shape index (κ3) is 3.10. The van der Waals surface area contributed by atoms with Crippen LogP contribution in [0.2, 0.25) is 0 Å². The quantitative estimate of drug-likeness (QED) is 0.546. The maximum absolute atomic E-state index is 12.3. The second kappa shape index (κ2) is 7.24. The first-order valence-corrected chi connectivity index (χ1v) is 11.0. The number of hydrogen-bond donors (Lipinski definition) is 0. The van der Waals surface area contributed by atoms with Gasteiger partial charge in [0, 0.05) is 43.6 Å². The van der Waals surface area contributed by atoms with E-state index in [0.717, 1.165) is 36.9 Å². The predicted molar refractivity (Wildman–Crippen MR) is 109 cm³/mol. The fraction of sp³-hybridized carbons (Fsp3) is 0.708. The summed E-state index contributed by atoms with van der Waals surface area (Å²) in [5, 5.41) is 0. The zero-order valence-corrected chi connectivity index (χ0v) is 18.5. The summed E-state index contributed by atoms with van der Waals surface area (Å²) >= 11 is 0. The summed E-state index contributed by atoms with van der Waals surface area (Å²) in [5.41, 5.74) is 0.591. The summed E-state index contributed by atoms with van der Waals surface area (Å²) in [4.78, 5) is 36.6. The second-order valence-corrected chi connectivity index (χ2v) is 10.3. The van der Waals surface area contributed by atoms with Gasteiger partial charge in [0.1, 0.15) is 24.3 Å². The van der Waals surface area contributed by atoms with Crippen LogP contribution in [0.1, 0.15) is 71.1 Å². The Kier molecular flexibility index (Phi) is 5.10. The van der Waals surface area contributed by atoms with Crippen LogP contribution in [0, 0.1) is 28.6 Å². The SMILES string of the molecule is CC(=O)O[C@H]1[C@H](OC(C)=O)[C@H]2C(C)(C)CCC[C@]2(C)[C@@H]2Cc3occc3[C@@H](C=O)[C@@H]12. The van der Waals surface area contributed by atoms with Crippen molar-refractivity contribution in [1.82, 2.24) is 0 Å². The molecule has 3 aliphatic carbocycles. The van der Waals surface area contributed by atoms with E-state index >= 15 is 0 Å². The van der Waals surface area contributed by atoms with Gasteiger partial charge in [-0.15, -0.1) is 0 Å². The summed E-state index contributed by atoms with van der Waals surface area (Å²) in [6.07, 6.45) is 5.11. The lowest BCUT2D eigenvalue weighted by molar-refractivity contribution is -0.236. The van der Waals surface area contributed by atoms with Gasteiger partial charge in [-0.2, -0.15) is 0 Å². The predicted octanol–water partition coefficient (Wildman–Crippen LogP) is 4.06. The number of furan rings is 1. The molecule has 6 nitrogen and oxygen atoms in total. The van der Waals surface area contributed by atoms with Crippen molar-refractivity contribution in [2.75, 3.05) is 0 Å². The van der Waals surface area contributed by atoms with Crippen LogP contribution in [0.15, 0.2) is 16.7 Å². The molecule has 0 unspecified atom stereocenters. The lowest BCUT2D eigenvalue weighted by Crippen LogP contribution is -2.66. The molecule has 0 saturated heterocycles. The molecule has 0 N–H and O–H groups in total. The Morgan fingerprint density at radius 3 is 2.40 bits per heavy atom. The van der Waals surface area contributed by atoms with Crippen molar-refractivity contribution >= 4 is 18.2 Å². The summed E-state index contributed by atoms with van der Waals surface area (Å²) in [6, 6.07) is 1.84. The Bertz CT molecular complexity index is 854. The van der Waals surface area contributed by atoms with Gasteiger partial charge >= 0.3 is 11.9 Å². The molecule has 2 saturated carbocycles. The molecule has 164 valence electrons. The molecule has 0 spiro atoms. The molecule has 4 rings (SSSR count). The van der Waals surface area contributed by atoms with Crippen LogP contribution in [0.3, 0.4) is 0 Å². The van der Waals surface area contributed by atoms with E-state index in [-0.39, 0.29) is 34.6 Å². The molecule has 7 atom stereocenters. The number of aldehydes is 1. The molecule has 1 aromatic rings. The number of ether oxygens (including phenoxy) is 2. The topological polar surface area (TPSA) is 82.8 Å². The van der Waals surface area contributed by atoms with Gasteiger partial charge in [0.25, 0.3) is 0 Å². The number of hydrogen-bond acceptors (Lipinski definition) is 6. The van der Waals surface area contributed by atoms with Crippen molar-refractivity contribution < 1.29 is 28.3 Å². The molecular weight excluding hydrogens is 384 g/mol. The van der Waals surface area contributed by atoms with Gasteiger partial charge in [-0.3, -0.25) is 9.59 Å². The molecule has 6 heteroatoms. The van der Waals surface area contributed by atoms with Crippen LogP contribution in [-0.2, 0) is 30.3 Å². The lowest BCUT2D eigenvalue weighted by atomic mass is 9.42. The van der Waals surface area contributed by atoms with Crippen molar-refractivity contribution in [3.8, 4) is 0 Å². The molecule has 0 aliphatic heterocycles. The zero-order valence-electron chi connectivity index (χ0n) is 18.5. The third-order valence-corrected chi connectivity index (χ3v) is 8.14. The normalized spacial score (nSPS) is 39.1. The van der Waals surface area contributed by atoms with Crippen LogP contribution in [0.4, 0.5) is 0 Å². The van der Waals surface area contributed by atoms with Crippen molar-refractivity contribution in [2.45, 2.75) is 78.4 Å². The first-order chi connectivity index (χ1) is 14.1. The van der Waals surface area contributed by atoms with E-state index in [2.05, 4.69) is 20.8 Å². The van der Waals surface area contributed by atoms with Gasteiger partial charge in [-0.25, -0.2) is 0 Å². The monoisotopic (exact) mass is 416 g/mol. The standard InChI is InChI=1S/C24H32O6/c1-13(26)29-20-19-16(12-25)15-7-10-28-18(15)11-17(19)24(5)9-6-8-23(3,4)22(24)21(20)30-14(2)27/h7,10,12,16-17,19-22H,6,8-9,11H2,1-5H3/t16-,17-,19-,20-,21+,22+,24-/m1/s1. The minimum Gasteiger partial charge on any atom is -0.469 e. The van der Waals surface area contributed by atoms with Gasteiger partial charge in [0.05, 0.1) is 6.26 Å². The van der Waals surface area contributed by atoms with Crippen LogP contribution in [0.25, 0.3) is 0 Å². The highest BCUT2D eigenvalue weighted by Crippen LogP contribution is 2.65. The van der Waals surface area contributed by atoms with Gasteiger partial charge in [0.15, 0.2) is 0 Å². The van der Waals surface area contributed by atoms with Gasteiger partial charge in [0.2, 0.25) is 0 Å². The third-order valence-electron chi connectivity index (χ3n) is 8.14. The summed E-state index contributed by atoms with van der Waals surface area (Å²) < 4.78 is 17.6. The van der Waals surface area contributed by atoms with Crippen molar-refractivity contribution in [3.63, 3.8) is 0 Å². The molecule has 0 amide bonds. The zero-order chi connectivity index (χ0) is 21.8. The lowest BCUT2D eigenvalue weighted by Gasteiger charge is -2.64. The molecule has 1 heterocycles. The smallest absolute Gasteiger partial charge is 0.303 e. The van der Waals surface area contributed by atoms with Crippen LogP contribution in [0.5, 0.6) is 0 Å². The van der Waals surface area contributed by atoms with E-state index in [1.165, 1.54) is 13.8 Å². The molecule has 2 fully saturated rings. The molecule has 0 bridgehead atoms. The van der Waals surface area contributed by atoms with Crippen molar-refractivity contribution in [3.05, 3.63) is 23.7 Å². The van der Waals surface area contributed by atoms with Gasteiger partial charge in [-0.05, 0) is 35.7 Å².